The van der Waals surface area contributed by atoms with Crippen LogP contribution in [-0.2, 0) is 0 Å². The average Bonchev–Trinajstić information content (AvgIpc) is 2.32. The number of hydrogen-bond acceptors (Lipinski definition) is 1. The molecule has 100 valence electrons. The zero-order valence-electron chi connectivity index (χ0n) is 11.4. The SMILES string of the molecule is OC1CCCCCCC=CCCCCCCC1. The van der Waals surface area contributed by atoms with Crippen molar-refractivity contribution in [2.45, 2.75) is 89.6 Å². The number of rotatable bonds is 0. The largest absolute Gasteiger partial charge is 0.393 e. The first-order chi connectivity index (χ1) is 8.39. The summed E-state index contributed by atoms with van der Waals surface area (Å²) < 4.78 is 0. The van der Waals surface area contributed by atoms with Gasteiger partial charge in [0.1, 0.15) is 0 Å². The molecule has 0 amide bonds. The van der Waals surface area contributed by atoms with E-state index in [1.54, 1.807) is 0 Å². The molecule has 0 aromatic heterocycles. The Balaban J connectivity index is 2.16. The molecule has 1 N–H and O–H groups in total. The third-order valence-corrected chi connectivity index (χ3v) is 3.73. The van der Waals surface area contributed by atoms with Gasteiger partial charge in [-0.15, -0.1) is 0 Å². The van der Waals surface area contributed by atoms with Gasteiger partial charge in [-0.1, -0.05) is 57.1 Å². The van der Waals surface area contributed by atoms with Crippen molar-refractivity contribution in [2.75, 3.05) is 0 Å². The van der Waals surface area contributed by atoms with Crippen LogP contribution in [-0.4, -0.2) is 11.2 Å². The Morgan fingerprint density at radius 3 is 1.53 bits per heavy atom. The molecule has 1 aliphatic rings. The first-order valence-electron chi connectivity index (χ1n) is 7.72. The highest BCUT2D eigenvalue weighted by molar-refractivity contribution is 4.81. The summed E-state index contributed by atoms with van der Waals surface area (Å²) in [5.74, 6) is 0. The van der Waals surface area contributed by atoms with Crippen LogP contribution in [0, 0.1) is 0 Å². The predicted octanol–water partition coefficient (Wildman–Crippen LogP) is 4.99. The quantitative estimate of drug-likeness (QED) is 0.590. The molecule has 0 aliphatic heterocycles. The second kappa shape index (κ2) is 10.8. The topological polar surface area (TPSA) is 20.2 Å². The standard InChI is InChI=1S/C16H30O/c17-16-14-12-10-8-6-4-2-1-3-5-7-9-11-13-15-16/h1-2,16-17H,3-15H2. The summed E-state index contributed by atoms with van der Waals surface area (Å²) in [6.45, 7) is 0. The van der Waals surface area contributed by atoms with Crippen LogP contribution >= 0.6 is 0 Å². The van der Waals surface area contributed by atoms with E-state index in [0.29, 0.717) is 0 Å². The van der Waals surface area contributed by atoms with Gasteiger partial charge in [0.25, 0.3) is 0 Å². The molecule has 1 heteroatoms. The molecule has 17 heavy (non-hydrogen) atoms. The average molecular weight is 238 g/mol. The van der Waals surface area contributed by atoms with Gasteiger partial charge in [-0.3, -0.25) is 0 Å². The molecule has 0 bridgehead atoms. The Hall–Kier alpha value is -0.300. The van der Waals surface area contributed by atoms with E-state index < -0.39 is 0 Å². The van der Waals surface area contributed by atoms with Crippen LogP contribution in [0.4, 0.5) is 0 Å². The third kappa shape index (κ3) is 9.41. The molecule has 0 fully saturated rings. The van der Waals surface area contributed by atoms with Crippen LogP contribution in [0.15, 0.2) is 12.2 Å². The van der Waals surface area contributed by atoms with Crippen molar-refractivity contribution in [3.63, 3.8) is 0 Å². The van der Waals surface area contributed by atoms with Crippen molar-refractivity contribution >= 4 is 0 Å². The number of aliphatic hydroxyl groups excluding tert-OH is 1. The molecular formula is C16H30O. The fourth-order valence-electron chi connectivity index (χ4n) is 2.55. The van der Waals surface area contributed by atoms with Crippen molar-refractivity contribution in [2.24, 2.45) is 0 Å². The molecule has 0 radical (unpaired) electrons. The summed E-state index contributed by atoms with van der Waals surface area (Å²) >= 11 is 0. The van der Waals surface area contributed by atoms with Gasteiger partial charge in [-0.05, 0) is 38.5 Å². The number of aliphatic hydroxyl groups is 1. The van der Waals surface area contributed by atoms with Crippen LogP contribution in [0.2, 0.25) is 0 Å². The van der Waals surface area contributed by atoms with Gasteiger partial charge in [0.2, 0.25) is 0 Å². The second-order valence-corrected chi connectivity index (χ2v) is 5.46. The molecule has 1 rings (SSSR count). The maximum atomic E-state index is 9.81. The Kier molecular flexibility index (Phi) is 9.40. The minimum absolute atomic E-state index is 0.0252. The smallest absolute Gasteiger partial charge is 0.0540 e. The Bertz CT molecular complexity index is 186. The predicted molar refractivity (Wildman–Crippen MR) is 75.2 cm³/mol. The molecule has 1 nitrogen and oxygen atoms in total. The van der Waals surface area contributed by atoms with E-state index in [1.165, 1.54) is 70.6 Å². The Morgan fingerprint density at radius 2 is 1.00 bits per heavy atom. The maximum absolute atomic E-state index is 9.81. The lowest BCUT2D eigenvalue weighted by Gasteiger charge is -2.10. The van der Waals surface area contributed by atoms with E-state index in [4.69, 9.17) is 0 Å². The highest BCUT2D eigenvalue weighted by Crippen LogP contribution is 2.14. The van der Waals surface area contributed by atoms with Crippen LogP contribution in [0.25, 0.3) is 0 Å². The van der Waals surface area contributed by atoms with Gasteiger partial charge in [-0.2, -0.15) is 0 Å². The highest BCUT2D eigenvalue weighted by atomic mass is 16.3. The van der Waals surface area contributed by atoms with Gasteiger partial charge in [-0.25, -0.2) is 0 Å². The summed E-state index contributed by atoms with van der Waals surface area (Å²) in [5, 5.41) is 9.81. The molecular weight excluding hydrogens is 208 g/mol. The van der Waals surface area contributed by atoms with Crippen LogP contribution in [0.5, 0.6) is 0 Å². The lowest BCUT2D eigenvalue weighted by molar-refractivity contribution is 0.147. The van der Waals surface area contributed by atoms with Crippen LogP contribution < -0.4 is 0 Å². The number of hydrogen-bond donors (Lipinski definition) is 1. The second-order valence-electron chi connectivity index (χ2n) is 5.46. The van der Waals surface area contributed by atoms with Crippen LogP contribution in [0.3, 0.4) is 0 Å². The fourth-order valence-corrected chi connectivity index (χ4v) is 2.55. The molecule has 0 heterocycles. The normalized spacial score (nSPS) is 26.8. The first-order valence-corrected chi connectivity index (χ1v) is 7.72. The van der Waals surface area contributed by atoms with Crippen molar-refractivity contribution < 1.29 is 5.11 Å². The molecule has 1 atom stereocenters. The number of allylic oxidation sites excluding steroid dienone is 2. The van der Waals surface area contributed by atoms with Crippen LogP contribution in [0.1, 0.15) is 83.5 Å². The molecule has 1 aliphatic carbocycles. The Morgan fingerprint density at radius 1 is 0.588 bits per heavy atom. The van der Waals surface area contributed by atoms with E-state index in [0.717, 1.165) is 12.8 Å². The first kappa shape index (κ1) is 14.8. The summed E-state index contributed by atoms with van der Waals surface area (Å²) in [5.41, 5.74) is 0. The van der Waals surface area contributed by atoms with Gasteiger partial charge in [0, 0.05) is 0 Å². The third-order valence-electron chi connectivity index (χ3n) is 3.73. The lowest BCUT2D eigenvalue weighted by atomic mass is 10.0. The van der Waals surface area contributed by atoms with Gasteiger partial charge in [0.15, 0.2) is 0 Å². The summed E-state index contributed by atoms with van der Waals surface area (Å²) in [6, 6.07) is 0. The van der Waals surface area contributed by atoms with E-state index >= 15 is 0 Å². The van der Waals surface area contributed by atoms with Gasteiger partial charge in [0.05, 0.1) is 6.10 Å². The molecule has 0 aromatic carbocycles. The van der Waals surface area contributed by atoms with E-state index in [-0.39, 0.29) is 6.10 Å². The van der Waals surface area contributed by atoms with E-state index in [2.05, 4.69) is 12.2 Å². The minimum atomic E-state index is -0.0252. The maximum Gasteiger partial charge on any atom is 0.0540 e. The molecule has 0 aromatic rings. The minimum Gasteiger partial charge on any atom is -0.393 e. The van der Waals surface area contributed by atoms with Crippen molar-refractivity contribution in [1.29, 1.82) is 0 Å². The summed E-state index contributed by atoms with van der Waals surface area (Å²) in [4.78, 5) is 0. The molecule has 0 saturated carbocycles. The molecule has 1 unspecified atom stereocenters. The Labute approximate surface area is 107 Å². The van der Waals surface area contributed by atoms with Crippen molar-refractivity contribution in [1.82, 2.24) is 0 Å². The van der Waals surface area contributed by atoms with Crippen molar-refractivity contribution in [3.8, 4) is 0 Å². The lowest BCUT2D eigenvalue weighted by Crippen LogP contribution is -2.05. The highest BCUT2D eigenvalue weighted by Gasteiger charge is 2.03. The van der Waals surface area contributed by atoms with E-state index in [1.807, 2.05) is 0 Å². The fraction of sp³-hybridized carbons (Fsp3) is 0.875. The zero-order chi connectivity index (χ0) is 12.2. The van der Waals surface area contributed by atoms with Crippen molar-refractivity contribution in [3.05, 3.63) is 12.2 Å². The van der Waals surface area contributed by atoms with Gasteiger partial charge < -0.3 is 5.11 Å². The molecule has 0 spiro atoms. The summed E-state index contributed by atoms with van der Waals surface area (Å²) in [7, 11) is 0. The zero-order valence-corrected chi connectivity index (χ0v) is 11.4. The summed E-state index contributed by atoms with van der Waals surface area (Å²) in [6.07, 6.45) is 21.0. The molecule has 0 saturated heterocycles. The monoisotopic (exact) mass is 238 g/mol. The van der Waals surface area contributed by atoms with Gasteiger partial charge >= 0.3 is 0 Å². The van der Waals surface area contributed by atoms with E-state index in [9.17, 15) is 5.11 Å².